The fourth-order valence-corrected chi connectivity index (χ4v) is 1.28. The normalized spacial score (nSPS) is 10.3. The molecule has 0 amide bonds. The quantitative estimate of drug-likeness (QED) is 0.836. The molecular weight excluding hydrogens is 231 g/mol. The lowest BCUT2D eigenvalue weighted by Crippen LogP contribution is -2.03. The highest BCUT2D eigenvalue weighted by Crippen LogP contribution is 2.18. The third-order valence-corrected chi connectivity index (χ3v) is 2.11. The van der Waals surface area contributed by atoms with E-state index < -0.39 is 17.5 Å². The summed E-state index contributed by atoms with van der Waals surface area (Å²) >= 11 is 0. The van der Waals surface area contributed by atoms with Crippen molar-refractivity contribution in [3.05, 3.63) is 53.9 Å². The topological polar surface area (TPSA) is 37.8 Å². The SMILES string of the molecule is Fc1cc(F)c(NCc2cncnc2)cc1F. The molecule has 0 saturated heterocycles. The van der Waals surface area contributed by atoms with Gasteiger partial charge in [0.05, 0.1) is 5.69 Å². The molecule has 6 heteroatoms. The van der Waals surface area contributed by atoms with Crippen molar-refractivity contribution in [3.63, 3.8) is 0 Å². The Morgan fingerprint density at radius 1 is 0.941 bits per heavy atom. The van der Waals surface area contributed by atoms with Crippen LogP contribution in [0.4, 0.5) is 18.9 Å². The lowest BCUT2D eigenvalue weighted by molar-refractivity contribution is 0.496. The number of hydrogen-bond donors (Lipinski definition) is 1. The Hall–Kier alpha value is -2.11. The third-order valence-electron chi connectivity index (χ3n) is 2.11. The van der Waals surface area contributed by atoms with E-state index in [0.29, 0.717) is 11.6 Å². The van der Waals surface area contributed by atoms with Crippen molar-refractivity contribution in [2.24, 2.45) is 0 Å². The molecule has 0 fully saturated rings. The summed E-state index contributed by atoms with van der Waals surface area (Å²) in [5, 5.41) is 2.64. The zero-order valence-corrected chi connectivity index (χ0v) is 8.62. The van der Waals surface area contributed by atoms with Crippen molar-refractivity contribution in [1.29, 1.82) is 0 Å². The number of nitrogens with one attached hydrogen (secondary N) is 1. The van der Waals surface area contributed by atoms with E-state index in [2.05, 4.69) is 15.3 Å². The molecule has 0 aliphatic rings. The summed E-state index contributed by atoms with van der Waals surface area (Å²) in [6.45, 7) is 0.225. The molecule has 0 unspecified atom stereocenters. The molecule has 0 atom stereocenters. The monoisotopic (exact) mass is 239 g/mol. The highest BCUT2D eigenvalue weighted by Gasteiger charge is 2.09. The second-order valence-corrected chi connectivity index (χ2v) is 3.35. The Morgan fingerprint density at radius 2 is 1.59 bits per heavy atom. The van der Waals surface area contributed by atoms with E-state index in [1.165, 1.54) is 18.7 Å². The van der Waals surface area contributed by atoms with Gasteiger partial charge >= 0.3 is 0 Å². The lowest BCUT2D eigenvalue weighted by atomic mass is 10.2. The highest BCUT2D eigenvalue weighted by atomic mass is 19.2. The van der Waals surface area contributed by atoms with Gasteiger partial charge in [0.2, 0.25) is 0 Å². The molecule has 0 aliphatic carbocycles. The number of hydrogen-bond acceptors (Lipinski definition) is 3. The predicted molar refractivity (Wildman–Crippen MR) is 55.7 cm³/mol. The van der Waals surface area contributed by atoms with Crippen molar-refractivity contribution >= 4 is 5.69 Å². The lowest BCUT2D eigenvalue weighted by Gasteiger charge is -2.07. The summed E-state index contributed by atoms with van der Waals surface area (Å²) in [4.78, 5) is 7.54. The molecule has 88 valence electrons. The molecule has 1 heterocycles. The Kier molecular flexibility index (Phi) is 3.22. The van der Waals surface area contributed by atoms with E-state index in [4.69, 9.17) is 0 Å². The van der Waals surface area contributed by atoms with Crippen LogP contribution in [0.3, 0.4) is 0 Å². The number of nitrogens with zero attached hydrogens (tertiary/aromatic N) is 2. The first-order chi connectivity index (χ1) is 8.16. The minimum atomic E-state index is -1.21. The van der Waals surface area contributed by atoms with Crippen LogP contribution < -0.4 is 5.32 Å². The number of anilines is 1. The third kappa shape index (κ3) is 2.72. The van der Waals surface area contributed by atoms with Gasteiger partial charge in [0, 0.05) is 36.6 Å². The standard InChI is InChI=1S/C11H8F3N3/c12-8-1-10(14)11(2-9(8)13)17-5-7-3-15-6-16-4-7/h1-4,6,17H,5H2. The minimum Gasteiger partial charge on any atom is -0.378 e. The molecule has 2 aromatic rings. The molecule has 17 heavy (non-hydrogen) atoms. The van der Waals surface area contributed by atoms with Crippen LogP contribution in [0.5, 0.6) is 0 Å². The fourth-order valence-electron chi connectivity index (χ4n) is 1.28. The number of benzene rings is 1. The van der Waals surface area contributed by atoms with Crippen molar-refractivity contribution in [1.82, 2.24) is 9.97 Å². The second-order valence-electron chi connectivity index (χ2n) is 3.35. The average Bonchev–Trinajstić information content (AvgIpc) is 2.33. The molecule has 0 bridgehead atoms. The molecular formula is C11H8F3N3. The minimum absolute atomic E-state index is 0.104. The van der Waals surface area contributed by atoms with Gasteiger partial charge in [-0.05, 0) is 0 Å². The Labute approximate surface area is 95.3 Å². The zero-order chi connectivity index (χ0) is 12.3. The van der Waals surface area contributed by atoms with Gasteiger partial charge in [-0.25, -0.2) is 23.1 Å². The van der Waals surface area contributed by atoms with Crippen LogP contribution in [0.15, 0.2) is 30.9 Å². The van der Waals surface area contributed by atoms with Crippen molar-refractivity contribution in [3.8, 4) is 0 Å². The van der Waals surface area contributed by atoms with E-state index in [1.807, 2.05) is 0 Å². The van der Waals surface area contributed by atoms with Gasteiger partial charge in [0.1, 0.15) is 12.1 Å². The van der Waals surface area contributed by atoms with Crippen LogP contribution in [0.2, 0.25) is 0 Å². The van der Waals surface area contributed by atoms with Crippen molar-refractivity contribution < 1.29 is 13.2 Å². The second kappa shape index (κ2) is 4.82. The smallest absolute Gasteiger partial charge is 0.161 e. The van der Waals surface area contributed by atoms with Crippen molar-refractivity contribution in [2.45, 2.75) is 6.54 Å². The molecule has 0 saturated carbocycles. The Morgan fingerprint density at radius 3 is 2.29 bits per heavy atom. The molecule has 1 aromatic carbocycles. The molecule has 3 nitrogen and oxygen atoms in total. The molecule has 2 rings (SSSR count). The zero-order valence-electron chi connectivity index (χ0n) is 8.62. The first-order valence-electron chi connectivity index (χ1n) is 4.79. The summed E-state index contributed by atoms with van der Waals surface area (Å²) < 4.78 is 38.8. The Bertz CT molecular complexity index is 517. The number of aromatic nitrogens is 2. The maximum atomic E-state index is 13.2. The molecule has 0 spiro atoms. The highest BCUT2D eigenvalue weighted by molar-refractivity contribution is 5.45. The molecule has 1 N–H and O–H groups in total. The summed E-state index contributed by atoms with van der Waals surface area (Å²) in [7, 11) is 0. The van der Waals surface area contributed by atoms with Crippen LogP contribution in [0, 0.1) is 17.5 Å². The van der Waals surface area contributed by atoms with E-state index in [1.54, 1.807) is 0 Å². The van der Waals surface area contributed by atoms with Crippen LogP contribution in [-0.4, -0.2) is 9.97 Å². The summed E-state index contributed by atoms with van der Waals surface area (Å²) in [5.74, 6) is -3.16. The van der Waals surface area contributed by atoms with E-state index in [0.717, 1.165) is 6.07 Å². The van der Waals surface area contributed by atoms with Gasteiger partial charge in [-0.15, -0.1) is 0 Å². The van der Waals surface area contributed by atoms with Crippen LogP contribution in [0.25, 0.3) is 0 Å². The van der Waals surface area contributed by atoms with Crippen LogP contribution in [0.1, 0.15) is 5.56 Å². The summed E-state index contributed by atoms with van der Waals surface area (Å²) in [6.07, 6.45) is 4.44. The van der Waals surface area contributed by atoms with Gasteiger partial charge in [0.15, 0.2) is 11.6 Å². The van der Waals surface area contributed by atoms with Gasteiger partial charge in [-0.1, -0.05) is 0 Å². The van der Waals surface area contributed by atoms with Gasteiger partial charge in [0.25, 0.3) is 0 Å². The largest absolute Gasteiger partial charge is 0.378 e. The first-order valence-corrected chi connectivity index (χ1v) is 4.79. The average molecular weight is 239 g/mol. The summed E-state index contributed by atoms with van der Waals surface area (Å²) in [6, 6.07) is 1.27. The van der Waals surface area contributed by atoms with Crippen molar-refractivity contribution in [2.75, 3.05) is 5.32 Å². The van der Waals surface area contributed by atoms with Gasteiger partial charge in [-0.3, -0.25) is 0 Å². The molecule has 0 radical (unpaired) electrons. The predicted octanol–water partition coefficient (Wildman–Crippen LogP) is 2.51. The maximum absolute atomic E-state index is 13.2. The first kappa shape index (κ1) is 11.4. The van der Waals surface area contributed by atoms with Gasteiger partial charge < -0.3 is 5.32 Å². The van der Waals surface area contributed by atoms with E-state index in [-0.39, 0.29) is 12.2 Å². The van der Waals surface area contributed by atoms with Crippen LogP contribution >= 0.6 is 0 Å². The van der Waals surface area contributed by atoms with Crippen LogP contribution in [-0.2, 0) is 6.54 Å². The maximum Gasteiger partial charge on any atom is 0.161 e. The summed E-state index contributed by atoms with van der Waals surface area (Å²) in [5.41, 5.74) is 0.601. The molecule has 0 aliphatic heterocycles. The van der Waals surface area contributed by atoms with E-state index >= 15 is 0 Å². The number of halogens is 3. The fraction of sp³-hybridized carbons (Fsp3) is 0.0909. The number of rotatable bonds is 3. The van der Waals surface area contributed by atoms with E-state index in [9.17, 15) is 13.2 Å². The molecule has 1 aromatic heterocycles. The Balaban J connectivity index is 2.12. The van der Waals surface area contributed by atoms with Gasteiger partial charge in [-0.2, -0.15) is 0 Å².